The lowest BCUT2D eigenvalue weighted by molar-refractivity contribution is 0.511. The van der Waals surface area contributed by atoms with Gasteiger partial charge in [-0.05, 0) is 0 Å². The topological polar surface area (TPSA) is 75.2 Å². The van der Waals surface area contributed by atoms with Crippen molar-refractivity contribution < 1.29 is 8.42 Å². The number of nitrogens with zero attached hydrogens (tertiary/aromatic N) is 3. The van der Waals surface area contributed by atoms with Crippen LogP contribution in [0.3, 0.4) is 0 Å². The van der Waals surface area contributed by atoms with E-state index in [-0.39, 0.29) is 5.16 Å². The van der Waals surface area contributed by atoms with Crippen LogP contribution in [0.1, 0.15) is 11.3 Å². The van der Waals surface area contributed by atoms with Crippen molar-refractivity contribution >= 4 is 10.0 Å². The SMILES string of the molecule is CN(C)S(=O)(=O)c1ncc2c(n1)CNC2. The predicted molar refractivity (Wildman–Crippen MR) is 53.4 cm³/mol. The van der Waals surface area contributed by atoms with Gasteiger partial charge < -0.3 is 5.32 Å². The highest BCUT2D eigenvalue weighted by Crippen LogP contribution is 2.14. The van der Waals surface area contributed by atoms with E-state index in [0.717, 1.165) is 15.6 Å². The fourth-order valence-corrected chi connectivity index (χ4v) is 2.07. The van der Waals surface area contributed by atoms with Crippen LogP contribution >= 0.6 is 0 Å². The van der Waals surface area contributed by atoms with Crippen LogP contribution in [0.2, 0.25) is 0 Å². The molecule has 0 amide bonds. The van der Waals surface area contributed by atoms with E-state index in [2.05, 4.69) is 15.3 Å². The second-order valence-electron chi connectivity index (χ2n) is 3.52. The number of fused-ring (bicyclic) bond motifs is 1. The number of nitrogens with one attached hydrogen (secondary N) is 1. The molecule has 0 radical (unpaired) electrons. The molecule has 82 valence electrons. The molecule has 1 N–H and O–H groups in total. The Bertz CT molecular complexity index is 483. The molecule has 0 fully saturated rings. The first-order valence-electron chi connectivity index (χ1n) is 4.50. The Morgan fingerprint density at radius 2 is 2.13 bits per heavy atom. The minimum absolute atomic E-state index is 0.130. The zero-order chi connectivity index (χ0) is 11.1. The maximum atomic E-state index is 11.7. The lowest BCUT2D eigenvalue weighted by Crippen LogP contribution is -2.24. The van der Waals surface area contributed by atoms with E-state index < -0.39 is 10.0 Å². The maximum Gasteiger partial charge on any atom is 0.278 e. The van der Waals surface area contributed by atoms with Crippen molar-refractivity contribution in [1.29, 1.82) is 0 Å². The van der Waals surface area contributed by atoms with E-state index in [9.17, 15) is 8.42 Å². The second kappa shape index (κ2) is 3.51. The van der Waals surface area contributed by atoms with Crippen LogP contribution in [0.25, 0.3) is 0 Å². The van der Waals surface area contributed by atoms with Crippen LogP contribution in [0, 0.1) is 0 Å². The van der Waals surface area contributed by atoms with Gasteiger partial charge in [-0.25, -0.2) is 22.7 Å². The number of aromatic nitrogens is 2. The Kier molecular flexibility index (Phi) is 2.45. The minimum Gasteiger partial charge on any atom is -0.307 e. The fourth-order valence-electron chi connectivity index (χ4n) is 1.33. The Labute approximate surface area is 88.4 Å². The van der Waals surface area contributed by atoms with E-state index in [4.69, 9.17) is 0 Å². The van der Waals surface area contributed by atoms with E-state index in [1.165, 1.54) is 14.1 Å². The van der Waals surface area contributed by atoms with Crippen LogP contribution < -0.4 is 5.32 Å². The van der Waals surface area contributed by atoms with Gasteiger partial charge in [-0.2, -0.15) is 0 Å². The molecule has 1 aliphatic heterocycles. The van der Waals surface area contributed by atoms with E-state index >= 15 is 0 Å². The normalized spacial score (nSPS) is 15.7. The Morgan fingerprint density at radius 1 is 1.40 bits per heavy atom. The minimum atomic E-state index is -3.52. The quantitative estimate of drug-likeness (QED) is 0.679. The molecular formula is C8H12N4O2S. The van der Waals surface area contributed by atoms with Crippen molar-refractivity contribution in [3.05, 3.63) is 17.5 Å². The molecule has 0 aliphatic carbocycles. The van der Waals surface area contributed by atoms with Gasteiger partial charge >= 0.3 is 0 Å². The van der Waals surface area contributed by atoms with Gasteiger partial charge in [-0.3, -0.25) is 0 Å². The highest BCUT2D eigenvalue weighted by molar-refractivity contribution is 7.88. The van der Waals surface area contributed by atoms with Crippen molar-refractivity contribution in [2.45, 2.75) is 18.2 Å². The van der Waals surface area contributed by atoms with E-state index in [1.807, 2.05) is 0 Å². The van der Waals surface area contributed by atoms with Gasteiger partial charge in [0.1, 0.15) is 0 Å². The maximum absolute atomic E-state index is 11.7. The molecule has 0 unspecified atom stereocenters. The molecule has 6 nitrogen and oxygen atoms in total. The third-order valence-electron chi connectivity index (χ3n) is 2.25. The second-order valence-corrected chi connectivity index (χ2v) is 5.56. The average Bonchev–Trinajstić information content (AvgIpc) is 2.63. The number of hydrogen-bond donors (Lipinski definition) is 1. The van der Waals surface area contributed by atoms with Crippen LogP contribution in [-0.2, 0) is 23.1 Å². The molecule has 2 heterocycles. The van der Waals surface area contributed by atoms with Gasteiger partial charge in [0.15, 0.2) is 0 Å². The summed E-state index contributed by atoms with van der Waals surface area (Å²) in [6, 6.07) is 0. The first-order chi connectivity index (χ1) is 7.01. The summed E-state index contributed by atoms with van der Waals surface area (Å²) >= 11 is 0. The summed E-state index contributed by atoms with van der Waals surface area (Å²) in [5.41, 5.74) is 1.73. The molecule has 0 spiro atoms. The largest absolute Gasteiger partial charge is 0.307 e. The molecule has 0 saturated carbocycles. The highest BCUT2D eigenvalue weighted by atomic mass is 32.2. The molecule has 0 atom stereocenters. The Balaban J connectivity index is 2.48. The van der Waals surface area contributed by atoms with Crippen molar-refractivity contribution in [2.75, 3.05) is 14.1 Å². The van der Waals surface area contributed by atoms with Gasteiger partial charge in [0.2, 0.25) is 0 Å². The van der Waals surface area contributed by atoms with Crippen molar-refractivity contribution in [1.82, 2.24) is 19.6 Å². The summed E-state index contributed by atoms with van der Waals surface area (Å²) in [5.74, 6) is 0. The lowest BCUT2D eigenvalue weighted by Gasteiger charge is -2.09. The van der Waals surface area contributed by atoms with E-state index in [1.54, 1.807) is 6.20 Å². The zero-order valence-corrected chi connectivity index (χ0v) is 9.37. The zero-order valence-electron chi connectivity index (χ0n) is 8.56. The first-order valence-corrected chi connectivity index (χ1v) is 5.94. The van der Waals surface area contributed by atoms with Gasteiger partial charge in [-0.15, -0.1) is 0 Å². The molecule has 0 bridgehead atoms. The molecule has 7 heteroatoms. The van der Waals surface area contributed by atoms with Gasteiger partial charge in [0, 0.05) is 38.9 Å². The predicted octanol–water partition coefficient (Wildman–Crippen LogP) is -0.670. The highest BCUT2D eigenvalue weighted by Gasteiger charge is 2.23. The standard InChI is InChI=1S/C8H12N4O2S/c1-12(2)15(13,14)8-10-4-6-3-9-5-7(6)11-8/h4,9H,3,5H2,1-2H3. The summed E-state index contributed by atoms with van der Waals surface area (Å²) in [5, 5.41) is 2.95. The van der Waals surface area contributed by atoms with Crippen molar-refractivity contribution in [3.63, 3.8) is 0 Å². The van der Waals surface area contributed by atoms with Crippen molar-refractivity contribution in [2.24, 2.45) is 0 Å². The molecule has 2 rings (SSSR count). The molecule has 1 aliphatic rings. The number of sulfonamides is 1. The monoisotopic (exact) mass is 228 g/mol. The summed E-state index contributed by atoms with van der Waals surface area (Å²) < 4.78 is 24.5. The summed E-state index contributed by atoms with van der Waals surface area (Å²) in [7, 11) is -0.590. The number of hydrogen-bond acceptors (Lipinski definition) is 5. The van der Waals surface area contributed by atoms with Gasteiger partial charge in [0.05, 0.1) is 5.69 Å². The lowest BCUT2D eigenvalue weighted by atomic mass is 10.3. The number of rotatable bonds is 2. The molecule has 0 saturated heterocycles. The molecular weight excluding hydrogens is 216 g/mol. The Morgan fingerprint density at radius 3 is 2.80 bits per heavy atom. The smallest absolute Gasteiger partial charge is 0.278 e. The fraction of sp³-hybridized carbons (Fsp3) is 0.500. The van der Waals surface area contributed by atoms with Crippen LogP contribution in [-0.4, -0.2) is 36.8 Å². The third-order valence-corrected chi connectivity index (χ3v) is 3.87. The first kappa shape index (κ1) is 10.5. The van der Waals surface area contributed by atoms with Crippen LogP contribution in [0.15, 0.2) is 11.4 Å². The average molecular weight is 228 g/mol. The van der Waals surface area contributed by atoms with Crippen molar-refractivity contribution in [3.8, 4) is 0 Å². The molecule has 0 aromatic carbocycles. The summed E-state index contributed by atoms with van der Waals surface area (Å²) in [6.45, 7) is 1.31. The molecule has 1 aromatic rings. The summed E-state index contributed by atoms with van der Waals surface area (Å²) in [4.78, 5) is 7.91. The van der Waals surface area contributed by atoms with Crippen LogP contribution in [0.4, 0.5) is 0 Å². The van der Waals surface area contributed by atoms with Gasteiger partial charge in [0.25, 0.3) is 15.2 Å². The van der Waals surface area contributed by atoms with Gasteiger partial charge in [-0.1, -0.05) is 0 Å². The summed E-state index contributed by atoms with van der Waals surface area (Å²) in [6.07, 6.45) is 1.57. The molecule has 1 aromatic heterocycles. The van der Waals surface area contributed by atoms with Crippen LogP contribution in [0.5, 0.6) is 0 Å². The molecule has 15 heavy (non-hydrogen) atoms. The Hall–Kier alpha value is -1.05. The van der Waals surface area contributed by atoms with E-state index in [0.29, 0.717) is 13.1 Å². The third kappa shape index (κ3) is 1.73.